The monoisotopic (exact) mass is 384 g/mol. The molecule has 0 saturated heterocycles. The van der Waals surface area contributed by atoms with Gasteiger partial charge >= 0.3 is 0 Å². The fourth-order valence-electron chi connectivity index (χ4n) is 1.99. The van der Waals surface area contributed by atoms with Crippen LogP contribution in [0.2, 0.25) is 5.02 Å². The second-order valence-electron chi connectivity index (χ2n) is 4.76. The number of halogens is 1. The molecule has 0 amide bonds. The van der Waals surface area contributed by atoms with E-state index in [1.165, 1.54) is 51.8 Å². The van der Waals surface area contributed by atoms with Crippen LogP contribution in [0.5, 0.6) is 17.2 Å². The first-order valence-electron chi connectivity index (χ1n) is 7.01. The predicted molar refractivity (Wildman–Crippen MR) is 95.5 cm³/mol. The van der Waals surface area contributed by atoms with Gasteiger partial charge in [-0.1, -0.05) is 11.6 Å². The molecular formula is C16H17ClN2O5S. The van der Waals surface area contributed by atoms with Gasteiger partial charge in [0.05, 0.1) is 32.4 Å². The van der Waals surface area contributed by atoms with Crippen molar-refractivity contribution < 1.29 is 22.6 Å². The molecule has 0 radical (unpaired) electrons. The Morgan fingerprint density at radius 2 is 1.52 bits per heavy atom. The lowest BCUT2D eigenvalue weighted by Gasteiger charge is -2.11. The molecule has 1 N–H and O–H groups in total. The molecule has 0 fully saturated rings. The quantitative estimate of drug-likeness (QED) is 0.586. The van der Waals surface area contributed by atoms with Crippen molar-refractivity contribution in [1.82, 2.24) is 4.83 Å². The maximum Gasteiger partial charge on any atom is 0.276 e. The molecule has 2 rings (SSSR count). The third kappa shape index (κ3) is 4.55. The smallest absolute Gasteiger partial charge is 0.276 e. The molecule has 0 spiro atoms. The summed E-state index contributed by atoms with van der Waals surface area (Å²) in [7, 11) is 0.684. The van der Waals surface area contributed by atoms with Crippen molar-refractivity contribution >= 4 is 27.8 Å². The average molecular weight is 385 g/mol. The van der Waals surface area contributed by atoms with Gasteiger partial charge in [0.1, 0.15) is 5.75 Å². The minimum absolute atomic E-state index is 0.0494. The topological polar surface area (TPSA) is 86.2 Å². The summed E-state index contributed by atoms with van der Waals surface area (Å²) in [5.74, 6) is 1.40. The van der Waals surface area contributed by atoms with Crippen molar-refractivity contribution in [1.29, 1.82) is 0 Å². The third-order valence-corrected chi connectivity index (χ3v) is 4.73. The number of hydrogen-bond donors (Lipinski definition) is 1. The Morgan fingerprint density at radius 3 is 2.08 bits per heavy atom. The van der Waals surface area contributed by atoms with Crippen molar-refractivity contribution in [3.63, 3.8) is 0 Å². The standard InChI is InChI=1S/C16H17ClN2O5S/c1-22-14-9-16(24-3)15(23-2)8-11(14)10-18-19-25(20,21)13-6-4-12(17)5-7-13/h4-10,19H,1-3H3. The molecule has 0 aliphatic carbocycles. The van der Waals surface area contributed by atoms with Gasteiger partial charge in [0.25, 0.3) is 10.0 Å². The highest BCUT2D eigenvalue weighted by Gasteiger charge is 2.13. The Morgan fingerprint density at radius 1 is 0.960 bits per heavy atom. The highest BCUT2D eigenvalue weighted by molar-refractivity contribution is 7.89. The van der Waals surface area contributed by atoms with Crippen LogP contribution in [0.1, 0.15) is 5.56 Å². The Labute approximate surface area is 151 Å². The SMILES string of the molecule is COc1cc(OC)c(OC)cc1C=NNS(=O)(=O)c1ccc(Cl)cc1. The van der Waals surface area contributed by atoms with Gasteiger partial charge in [0.15, 0.2) is 11.5 Å². The van der Waals surface area contributed by atoms with E-state index in [2.05, 4.69) is 9.93 Å². The van der Waals surface area contributed by atoms with Crippen LogP contribution in [0, 0.1) is 0 Å². The van der Waals surface area contributed by atoms with Crippen LogP contribution in [0.3, 0.4) is 0 Å². The second kappa shape index (κ2) is 8.09. The van der Waals surface area contributed by atoms with Crippen LogP contribution in [0.25, 0.3) is 0 Å². The van der Waals surface area contributed by atoms with Gasteiger partial charge in [-0.15, -0.1) is 0 Å². The van der Waals surface area contributed by atoms with Gasteiger partial charge in [-0.05, 0) is 30.3 Å². The fraction of sp³-hybridized carbons (Fsp3) is 0.188. The van der Waals surface area contributed by atoms with Crippen LogP contribution in [0.4, 0.5) is 0 Å². The molecule has 0 aliphatic heterocycles. The van der Waals surface area contributed by atoms with Crippen molar-refractivity contribution in [2.24, 2.45) is 5.10 Å². The van der Waals surface area contributed by atoms with Gasteiger partial charge in [-0.25, -0.2) is 4.83 Å². The summed E-state index contributed by atoms with van der Waals surface area (Å²) < 4.78 is 40.0. The van der Waals surface area contributed by atoms with E-state index in [1.807, 2.05) is 0 Å². The summed E-state index contributed by atoms with van der Waals surface area (Å²) in [6.07, 6.45) is 1.31. The van der Waals surface area contributed by atoms with Gasteiger partial charge in [0.2, 0.25) is 0 Å². The molecule has 0 saturated carbocycles. The molecule has 2 aromatic carbocycles. The molecule has 0 aromatic heterocycles. The number of methoxy groups -OCH3 is 3. The fourth-order valence-corrected chi connectivity index (χ4v) is 2.90. The van der Waals surface area contributed by atoms with Gasteiger partial charge in [0, 0.05) is 16.7 Å². The van der Waals surface area contributed by atoms with E-state index in [1.54, 1.807) is 12.1 Å². The largest absolute Gasteiger partial charge is 0.496 e. The maximum atomic E-state index is 12.2. The number of sulfonamides is 1. The molecule has 0 atom stereocenters. The molecule has 2 aromatic rings. The van der Waals surface area contributed by atoms with E-state index in [4.69, 9.17) is 25.8 Å². The first-order valence-corrected chi connectivity index (χ1v) is 8.88. The zero-order valence-electron chi connectivity index (χ0n) is 13.8. The number of ether oxygens (including phenoxy) is 3. The predicted octanol–water partition coefficient (Wildman–Crippen LogP) is 2.68. The van der Waals surface area contributed by atoms with Crippen molar-refractivity contribution in [2.45, 2.75) is 4.90 Å². The van der Waals surface area contributed by atoms with Crippen molar-refractivity contribution in [3.05, 3.63) is 47.0 Å². The Kier molecular flexibility index (Phi) is 6.11. The van der Waals surface area contributed by atoms with Gasteiger partial charge in [-0.2, -0.15) is 13.5 Å². The summed E-state index contributed by atoms with van der Waals surface area (Å²) >= 11 is 5.75. The Balaban J connectivity index is 2.25. The van der Waals surface area contributed by atoms with E-state index in [0.29, 0.717) is 27.8 Å². The Bertz CT molecular complexity index is 867. The summed E-state index contributed by atoms with van der Waals surface area (Å²) in [6, 6.07) is 8.98. The molecule has 0 bridgehead atoms. The van der Waals surface area contributed by atoms with Crippen LogP contribution in [-0.2, 0) is 10.0 Å². The number of nitrogens with one attached hydrogen (secondary N) is 1. The van der Waals surface area contributed by atoms with E-state index in [9.17, 15) is 8.42 Å². The maximum absolute atomic E-state index is 12.2. The number of hydrogen-bond acceptors (Lipinski definition) is 6. The molecule has 9 heteroatoms. The highest BCUT2D eigenvalue weighted by Crippen LogP contribution is 2.33. The molecule has 7 nitrogen and oxygen atoms in total. The van der Waals surface area contributed by atoms with Gasteiger partial charge < -0.3 is 14.2 Å². The van der Waals surface area contributed by atoms with E-state index in [-0.39, 0.29) is 4.90 Å². The first-order chi connectivity index (χ1) is 11.9. The Hall–Kier alpha value is -2.45. The summed E-state index contributed by atoms with van der Waals surface area (Å²) in [5.41, 5.74) is 0.513. The minimum atomic E-state index is -3.80. The lowest BCUT2D eigenvalue weighted by molar-refractivity contribution is 0.349. The van der Waals surface area contributed by atoms with Crippen molar-refractivity contribution in [3.8, 4) is 17.2 Å². The summed E-state index contributed by atoms with van der Waals surface area (Å²) in [4.78, 5) is 2.18. The molecule has 134 valence electrons. The molecule has 0 heterocycles. The van der Waals surface area contributed by atoms with Crippen LogP contribution in [0.15, 0.2) is 46.4 Å². The van der Waals surface area contributed by atoms with E-state index in [0.717, 1.165) is 0 Å². The number of rotatable bonds is 7. The number of hydrazone groups is 1. The second-order valence-corrected chi connectivity index (χ2v) is 6.85. The highest BCUT2D eigenvalue weighted by atomic mass is 35.5. The zero-order chi connectivity index (χ0) is 18.4. The molecular weight excluding hydrogens is 368 g/mol. The lowest BCUT2D eigenvalue weighted by atomic mass is 10.2. The molecule has 0 aliphatic rings. The first kappa shape index (κ1) is 18.9. The van der Waals surface area contributed by atoms with Crippen LogP contribution >= 0.6 is 11.6 Å². The normalized spacial score (nSPS) is 11.4. The summed E-state index contributed by atoms with van der Waals surface area (Å²) in [6.45, 7) is 0. The van der Waals surface area contributed by atoms with Gasteiger partial charge in [-0.3, -0.25) is 0 Å². The lowest BCUT2D eigenvalue weighted by Crippen LogP contribution is -2.18. The van der Waals surface area contributed by atoms with Crippen molar-refractivity contribution in [2.75, 3.05) is 21.3 Å². The molecule has 0 unspecified atom stereocenters. The summed E-state index contributed by atoms with van der Waals surface area (Å²) in [5, 5.41) is 4.22. The van der Waals surface area contributed by atoms with E-state index >= 15 is 0 Å². The van der Waals surface area contributed by atoms with E-state index < -0.39 is 10.0 Å². The number of nitrogens with zero attached hydrogens (tertiary/aromatic N) is 1. The average Bonchev–Trinajstić information content (AvgIpc) is 2.61. The zero-order valence-corrected chi connectivity index (χ0v) is 15.4. The third-order valence-electron chi connectivity index (χ3n) is 3.24. The van der Waals surface area contributed by atoms with Crippen LogP contribution in [-0.4, -0.2) is 36.0 Å². The number of benzene rings is 2. The molecule has 25 heavy (non-hydrogen) atoms. The van der Waals surface area contributed by atoms with Crippen LogP contribution < -0.4 is 19.0 Å². The minimum Gasteiger partial charge on any atom is -0.496 e.